The Bertz CT molecular complexity index is 1060. The summed E-state index contributed by atoms with van der Waals surface area (Å²) in [5.74, 6) is 0.0703. The standard InChI is InChI=1S/C15H10ClFN2O4S/c16-9-4-8(5-12-15(9)23-7-22-12)19-24(20,21)13-6-18-11-3-1-2-10(17)14(11)13/h1-6,18-19H,7H2. The van der Waals surface area contributed by atoms with E-state index in [1.165, 1.54) is 30.5 Å². The maximum absolute atomic E-state index is 14.0. The number of fused-ring (bicyclic) bond motifs is 2. The molecule has 0 fully saturated rings. The molecule has 0 spiro atoms. The lowest BCUT2D eigenvalue weighted by atomic mass is 10.2. The quantitative estimate of drug-likeness (QED) is 0.741. The summed E-state index contributed by atoms with van der Waals surface area (Å²) in [6.07, 6.45) is 1.24. The van der Waals surface area contributed by atoms with E-state index in [-0.39, 0.29) is 27.8 Å². The molecule has 0 amide bonds. The van der Waals surface area contributed by atoms with Gasteiger partial charge in [-0.05, 0) is 18.2 Å². The molecule has 24 heavy (non-hydrogen) atoms. The van der Waals surface area contributed by atoms with Gasteiger partial charge in [0.1, 0.15) is 10.7 Å². The number of H-pyrrole nitrogens is 1. The first-order valence-corrected chi connectivity index (χ1v) is 8.69. The maximum Gasteiger partial charge on any atom is 0.264 e. The van der Waals surface area contributed by atoms with Crippen molar-refractivity contribution in [2.45, 2.75) is 4.90 Å². The maximum atomic E-state index is 14.0. The van der Waals surface area contributed by atoms with Crippen molar-refractivity contribution < 1.29 is 22.3 Å². The number of benzene rings is 2. The lowest BCUT2D eigenvalue weighted by molar-refractivity contribution is 0.174. The molecule has 0 saturated heterocycles. The first kappa shape index (κ1) is 15.1. The van der Waals surface area contributed by atoms with Gasteiger partial charge < -0.3 is 14.5 Å². The minimum atomic E-state index is -4.03. The van der Waals surface area contributed by atoms with Crippen LogP contribution >= 0.6 is 11.6 Å². The van der Waals surface area contributed by atoms with Crippen LogP contribution in [0.1, 0.15) is 0 Å². The Morgan fingerprint density at radius 3 is 2.92 bits per heavy atom. The smallest absolute Gasteiger partial charge is 0.264 e. The predicted molar refractivity (Wildman–Crippen MR) is 86.6 cm³/mol. The van der Waals surface area contributed by atoms with Crippen molar-refractivity contribution in [3.63, 3.8) is 0 Å². The summed E-state index contributed by atoms with van der Waals surface area (Å²) in [4.78, 5) is 2.55. The second-order valence-corrected chi connectivity index (χ2v) is 7.17. The summed E-state index contributed by atoms with van der Waals surface area (Å²) in [7, 11) is -4.03. The van der Waals surface area contributed by atoms with Gasteiger partial charge in [-0.25, -0.2) is 12.8 Å². The minimum absolute atomic E-state index is 0.00293. The van der Waals surface area contributed by atoms with Crippen molar-refractivity contribution in [1.29, 1.82) is 0 Å². The Morgan fingerprint density at radius 2 is 2.08 bits per heavy atom. The zero-order valence-corrected chi connectivity index (χ0v) is 13.5. The molecule has 9 heteroatoms. The number of aromatic amines is 1. The fourth-order valence-electron chi connectivity index (χ4n) is 2.56. The van der Waals surface area contributed by atoms with Gasteiger partial charge in [-0.15, -0.1) is 0 Å². The van der Waals surface area contributed by atoms with Crippen LogP contribution in [0, 0.1) is 5.82 Å². The number of halogens is 2. The predicted octanol–water partition coefficient (Wildman–Crippen LogP) is 3.49. The lowest BCUT2D eigenvalue weighted by Gasteiger charge is -2.09. The normalized spacial score (nSPS) is 13.4. The molecule has 0 aliphatic carbocycles. The van der Waals surface area contributed by atoms with E-state index in [9.17, 15) is 12.8 Å². The van der Waals surface area contributed by atoms with E-state index in [1.807, 2.05) is 0 Å². The Balaban J connectivity index is 1.77. The number of aromatic nitrogens is 1. The Hall–Kier alpha value is -2.45. The van der Waals surface area contributed by atoms with Crippen molar-refractivity contribution >= 4 is 38.2 Å². The van der Waals surface area contributed by atoms with Crippen LogP contribution in [0.15, 0.2) is 41.4 Å². The number of anilines is 1. The van der Waals surface area contributed by atoms with Gasteiger partial charge in [0.15, 0.2) is 11.5 Å². The molecular weight excluding hydrogens is 359 g/mol. The molecule has 1 aliphatic heterocycles. The molecule has 1 aliphatic rings. The van der Waals surface area contributed by atoms with Crippen molar-refractivity contribution in [3.8, 4) is 11.5 Å². The number of rotatable bonds is 3. The van der Waals surface area contributed by atoms with Gasteiger partial charge in [0, 0.05) is 17.8 Å². The number of nitrogens with one attached hydrogen (secondary N) is 2. The molecule has 0 radical (unpaired) electrons. The summed E-state index contributed by atoms with van der Waals surface area (Å²) < 4.78 is 52.0. The number of ether oxygens (including phenoxy) is 2. The second-order valence-electron chi connectivity index (χ2n) is 5.11. The van der Waals surface area contributed by atoms with E-state index in [0.29, 0.717) is 17.0 Å². The number of hydrogen-bond acceptors (Lipinski definition) is 4. The van der Waals surface area contributed by atoms with Crippen molar-refractivity contribution in [1.82, 2.24) is 4.98 Å². The molecule has 0 atom stereocenters. The number of hydrogen-bond donors (Lipinski definition) is 2. The molecular formula is C15H10ClFN2O4S. The highest BCUT2D eigenvalue weighted by molar-refractivity contribution is 7.93. The highest BCUT2D eigenvalue weighted by Crippen LogP contribution is 2.41. The van der Waals surface area contributed by atoms with Gasteiger partial charge in [0.2, 0.25) is 6.79 Å². The lowest BCUT2D eigenvalue weighted by Crippen LogP contribution is -2.12. The van der Waals surface area contributed by atoms with Gasteiger partial charge in [-0.2, -0.15) is 0 Å². The zero-order valence-electron chi connectivity index (χ0n) is 12.0. The summed E-state index contributed by atoms with van der Waals surface area (Å²) in [6.45, 7) is 0.0128. The van der Waals surface area contributed by atoms with Crippen molar-refractivity contribution in [2.75, 3.05) is 11.5 Å². The molecule has 2 aromatic carbocycles. The Labute approximate surface area is 141 Å². The number of sulfonamides is 1. The molecule has 1 aromatic heterocycles. The first-order valence-electron chi connectivity index (χ1n) is 6.83. The average molecular weight is 369 g/mol. The fraction of sp³-hybridized carbons (Fsp3) is 0.0667. The van der Waals surface area contributed by atoms with Crippen LogP contribution in [-0.4, -0.2) is 20.2 Å². The van der Waals surface area contributed by atoms with E-state index in [0.717, 1.165) is 0 Å². The second kappa shape index (κ2) is 5.29. The van der Waals surface area contributed by atoms with Crippen LogP contribution in [0.5, 0.6) is 11.5 Å². The highest BCUT2D eigenvalue weighted by Gasteiger charge is 2.24. The van der Waals surface area contributed by atoms with Gasteiger partial charge >= 0.3 is 0 Å². The third-order valence-electron chi connectivity index (χ3n) is 3.59. The molecule has 2 N–H and O–H groups in total. The van der Waals surface area contributed by atoms with Gasteiger partial charge in [0.25, 0.3) is 10.0 Å². The summed E-state index contributed by atoms with van der Waals surface area (Å²) in [5, 5.41) is 0.213. The van der Waals surface area contributed by atoms with Crippen LogP contribution in [-0.2, 0) is 10.0 Å². The van der Waals surface area contributed by atoms with E-state index in [2.05, 4.69) is 9.71 Å². The molecule has 3 aromatic rings. The summed E-state index contributed by atoms with van der Waals surface area (Å²) in [6, 6.07) is 7.14. The van der Waals surface area contributed by atoms with E-state index in [4.69, 9.17) is 21.1 Å². The third kappa shape index (κ3) is 2.35. The van der Waals surface area contributed by atoms with E-state index < -0.39 is 15.8 Å². The topological polar surface area (TPSA) is 80.4 Å². The zero-order chi connectivity index (χ0) is 16.9. The van der Waals surface area contributed by atoms with Gasteiger partial charge in [-0.1, -0.05) is 17.7 Å². The highest BCUT2D eigenvalue weighted by atomic mass is 35.5. The van der Waals surface area contributed by atoms with Crippen LogP contribution in [0.4, 0.5) is 10.1 Å². The summed E-state index contributed by atoms with van der Waals surface area (Å²) in [5.41, 5.74) is 0.578. The molecule has 0 saturated carbocycles. The molecule has 0 bridgehead atoms. The van der Waals surface area contributed by atoms with Gasteiger partial charge in [-0.3, -0.25) is 4.72 Å². The minimum Gasteiger partial charge on any atom is -0.453 e. The van der Waals surface area contributed by atoms with Crippen LogP contribution in [0.3, 0.4) is 0 Å². The largest absolute Gasteiger partial charge is 0.453 e. The van der Waals surface area contributed by atoms with Crippen molar-refractivity contribution in [3.05, 3.63) is 47.4 Å². The van der Waals surface area contributed by atoms with Crippen LogP contribution in [0.2, 0.25) is 5.02 Å². The fourth-order valence-corrected chi connectivity index (χ4v) is 4.05. The van der Waals surface area contributed by atoms with Crippen molar-refractivity contribution in [2.24, 2.45) is 0 Å². The van der Waals surface area contributed by atoms with Crippen LogP contribution in [0.25, 0.3) is 10.9 Å². The molecule has 2 heterocycles. The summed E-state index contributed by atoms with van der Waals surface area (Å²) >= 11 is 6.04. The van der Waals surface area contributed by atoms with E-state index >= 15 is 0 Å². The Kier molecular flexibility index (Phi) is 3.33. The van der Waals surface area contributed by atoms with E-state index in [1.54, 1.807) is 6.07 Å². The molecule has 124 valence electrons. The molecule has 0 unspecified atom stereocenters. The monoisotopic (exact) mass is 368 g/mol. The van der Waals surface area contributed by atoms with Crippen LogP contribution < -0.4 is 14.2 Å². The molecule has 6 nitrogen and oxygen atoms in total. The average Bonchev–Trinajstić information content (AvgIpc) is 3.14. The SMILES string of the molecule is O=S(=O)(Nc1cc(Cl)c2c(c1)OCO2)c1c[nH]c2cccc(F)c12. The first-order chi connectivity index (χ1) is 11.5. The Morgan fingerprint density at radius 1 is 1.25 bits per heavy atom. The third-order valence-corrected chi connectivity index (χ3v) is 5.27. The molecule has 4 rings (SSSR count). The van der Waals surface area contributed by atoms with Gasteiger partial charge in [0.05, 0.1) is 16.1 Å².